The minimum absolute atomic E-state index is 0.171. The number of nitrogens with one attached hydrogen (secondary N) is 2. The predicted molar refractivity (Wildman–Crippen MR) is 79.4 cm³/mol. The Morgan fingerprint density at radius 2 is 2.20 bits per heavy atom. The standard InChI is InChI=1S/C14H24N4O2/c1-10(2)20-7-5-4-6-16-14(19)12-9-17-11(3)8-13(12)18-15/h8-10H,4-7,15H2,1-3H3,(H,16,19)(H,17,18). The normalized spacial score (nSPS) is 10.7. The summed E-state index contributed by atoms with van der Waals surface area (Å²) in [6, 6.07) is 1.74. The van der Waals surface area contributed by atoms with Crippen LogP contribution in [-0.2, 0) is 4.74 Å². The Morgan fingerprint density at radius 3 is 2.85 bits per heavy atom. The van der Waals surface area contributed by atoms with Crippen LogP contribution in [0.3, 0.4) is 0 Å². The van der Waals surface area contributed by atoms with Crippen LogP contribution < -0.4 is 16.6 Å². The van der Waals surface area contributed by atoms with Crippen LogP contribution in [-0.4, -0.2) is 30.1 Å². The molecule has 0 fully saturated rings. The van der Waals surface area contributed by atoms with Gasteiger partial charge in [-0.25, -0.2) is 0 Å². The number of anilines is 1. The quantitative estimate of drug-likeness (QED) is 0.382. The molecule has 6 heteroatoms. The SMILES string of the molecule is Cc1cc(NN)c(C(=O)NCCCCOC(C)C)cn1. The van der Waals surface area contributed by atoms with Gasteiger partial charge in [0, 0.05) is 25.0 Å². The van der Waals surface area contributed by atoms with E-state index >= 15 is 0 Å². The van der Waals surface area contributed by atoms with Crippen molar-refractivity contribution in [2.24, 2.45) is 5.84 Å². The van der Waals surface area contributed by atoms with Crippen molar-refractivity contribution in [3.05, 3.63) is 23.5 Å². The Morgan fingerprint density at radius 1 is 1.45 bits per heavy atom. The number of aromatic nitrogens is 1. The zero-order valence-corrected chi connectivity index (χ0v) is 12.4. The van der Waals surface area contributed by atoms with E-state index < -0.39 is 0 Å². The summed E-state index contributed by atoms with van der Waals surface area (Å²) in [5.74, 6) is 5.23. The maximum atomic E-state index is 12.0. The molecule has 1 heterocycles. The van der Waals surface area contributed by atoms with Crippen molar-refractivity contribution in [3.8, 4) is 0 Å². The Balaban J connectivity index is 2.36. The molecule has 0 aliphatic heterocycles. The summed E-state index contributed by atoms with van der Waals surface area (Å²) < 4.78 is 5.43. The smallest absolute Gasteiger partial charge is 0.255 e. The van der Waals surface area contributed by atoms with Crippen LogP contribution in [0, 0.1) is 6.92 Å². The molecule has 1 aromatic rings. The summed E-state index contributed by atoms with van der Waals surface area (Å²) in [7, 11) is 0. The van der Waals surface area contributed by atoms with E-state index in [0.29, 0.717) is 17.8 Å². The highest BCUT2D eigenvalue weighted by atomic mass is 16.5. The van der Waals surface area contributed by atoms with Crippen LogP contribution in [0.15, 0.2) is 12.3 Å². The van der Waals surface area contributed by atoms with Crippen molar-refractivity contribution in [1.29, 1.82) is 0 Å². The van der Waals surface area contributed by atoms with E-state index in [9.17, 15) is 4.79 Å². The molecule has 0 aliphatic rings. The Bertz CT molecular complexity index is 435. The third-order valence-corrected chi connectivity index (χ3v) is 2.75. The lowest BCUT2D eigenvalue weighted by molar-refractivity contribution is 0.0754. The van der Waals surface area contributed by atoms with Gasteiger partial charge in [-0.2, -0.15) is 0 Å². The van der Waals surface area contributed by atoms with E-state index in [4.69, 9.17) is 10.6 Å². The average molecular weight is 280 g/mol. The van der Waals surface area contributed by atoms with Gasteiger partial charge in [0.1, 0.15) is 0 Å². The number of pyridine rings is 1. The van der Waals surface area contributed by atoms with E-state index in [2.05, 4.69) is 15.7 Å². The van der Waals surface area contributed by atoms with E-state index in [-0.39, 0.29) is 12.0 Å². The average Bonchev–Trinajstić information content (AvgIpc) is 2.41. The molecule has 0 unspecified atom stereocenters. The van der Waals surface area contributed by atoms with E-state index in [1.807, 2.05) is 20.8 Å². The number of aryl methyl sites for hydroxylation is 1. The van der Waals surface area contributed by atoms with Crippen LogP contribution in [0.2, 0.25) is 0 Å². The third-order valence-electron chi connectivity index (χ3n) is 2.75. The molecular formula is C14H24N4O2. The molecule has 0 atom stereocenters. The van der Waals surface area contributed by atoms with Gasteiger partial charge < -0.3 is 15.5 Å². The maximum Gasteiger partial charge on any atom is 0.255 e. The molecule has 0 aromatic carbocycles. The Labute approximate surface area is 120 Å². The summed E-state index contributed by atoms with van der Waals surface area (Å²) in [5, 5.41) is 2.85. The van der Waals surface area contributed by atoms with Crippen molar-refractivity contribution in [1.82, 2.24) is 10.3 Å². The fourth-order valence-electron chi connectivity index (χ4n) is 1.70. The topological polar surface area (TPSA) is 89.3 Å². The molecule has 0 radical (unpaired) electrons. The number of nitrogens with two attached hydrogens (primary N) is 1. The number of nitrogens with zero attached hydrogens (tertiary/aromatic N) is 1. The number of rotatable bonds is 8. The molecule has 20 heavy (non-hydrogen) atoms. The first-order chi connectivity index (χ1) is 9.54. The van der Waals surface area contributed by atoms with Gasteiger partial charge in [-0.3, -0.25) is 15.6 Å². The lowest BCUT2D eigenvalue weighted by Gasteiger charge is -2.10. The molecular weight excluding hydrogens is 256 g/mol. The molecule has 0 aliphatic carbocycles. The van der Waals surface area contributed by atoms with Gasteiger partial charge >= 0.3 is 0 Å². The number of hydrazine groups is 1. The summed E-state index contributed by atoms with van der Waals surface area (Å²) >= 11 is 0. The summed E-state index contributed by atoms with van der Waals surface area (Å²) in [5.41, 5.74) is 4.36. The Hall–Kier alpha value is -1.66. The first-order valence-electron chi connectivity index (χ1n) is 6.87. The molecule has 1 amide bonds. The van der Waals surface area contributed by atoms with Crippen LogP contribution >= 0.6 is 0 Å². The molecule has 0 saturated carbocycles. The molecule has 0 spiro atoms. The van der Waals surface area contributed by atoms with Crippen molar-refractivity contribution in [2.45, 2.75) is 39.7 Å². The fourth-order valence-corrected chi connectivity index (χ4v) is 1.70. The number of carbonyl (C=O) groups is 1. The second kappa shape index (κ2) is 8.50. The van der Waals surface area contributed by atoms with Crippen molar-refractivity contribution in [2.75, 3.05) is 18.6 Å². The van der Waals surface area contributed by atoms with Crippen LogP contribution in [0.1, 0.15) is 42.7 Å². The minimum atomic E-state index is -0.171. The summed E-state index contributed by atoms with van der Waals surface area (Å²) in [6.45, 7) is 7.19. The number of amides is 1. The third kappa shape index (κ3) is 5.54. The second-order valence-electron chi connectivity index (χ2n) is 4.90. The monoisotopic (exact) mass is 280 g/mol. The lowest BCUT2D eigenvalue weighted by Crippen LogP contribution is -2.26. The zero-order valence-electron chi connectivity index (χ0n) is 12.4. The van der Waals surface area contributed by atoms with Crippen molar-refractivity contribution >= 4 is 11.6 Å². The van der Waals surface area contributed by atoms with E-state index in [1.54, 1.807) is 6.07 Å². The lowest BCUT2D eigenvalue weighted by atomic mass is 10.2. The second-order valence-corrected chi connectivity index (χ2v) is 4.90. The molecule has 6 nitrogen and oxygen atoms in total. The highest BCUT2D eigenvalue weighted by Gasteiger charge is 2.11. The fraction of sp³-hybridized carbons (Fsp3) is 0.571. The number of hydrogen-bond donors (Lipinski definition) is 3. The van der Waals surface area contributed by atoms with Crippen molar-refractivity contribution in [3.63, 3.8) is 0 Å². The first-order valence-corrected chi connectivity index (χ1v) is 6.87. The van der Waals surface area contributed by atoms with Gasteiger partial charge in [0.15, 0.2) is 0 Å². The van der Waals surface area contributed by atoms with Gasteiger partial charge in [-0.1, -0.05) is 0 Å². The molecule has 112 valence electrons. The van der Waals surface area contributed by atoms with E-state index in [0.717, 1.165) is 25.1 Å². The van der Waals surface area contributed by atoms with Gasteiger partial charge in [0.2, 0.25) is 0 Å². The van der Waals surface area contributed by atoms with Gasteiger partial charge in [0.05, 0.1) is 17.4 Å². The first kappa shape index (κ1) is 16.4. The molecule has 0 saturated heterocycles. The van der Waals surface area contributed by atoms with E-state index in [1.165, 1.54) is 6.20 Å². The molecule has 4 N–H and O–H groups in total. The predicted octanol–water partition coefficient (Wildman–Crippen LogP) is 1.61. The summed E-state index contributed by atoms with van der Waals surface area (Å²) in [6.07, 6.45) is 3.58. The highest BCUT2D eigenvalue weighted by Crippen LogP contribution is 2.14. The number of unbranched alkanes of at least 4 members (excludes halogenated alkanes) is 1. The number of carbonyl (C=O) groups excluding carboxylic acids is 1. The maximum absolute atomic E-state index is 12.0. The van der Waals surface area contributed by atoms with Gasteiger partial charge in [-0.05, 0) is 39.7 Å². The zero-order chi connectivity index (χ0) is 15.0. The largest absolute Gasteiger partial charge is 0.379 e. The van der Waals surface area contributed by atoms with Gasteiger partial charge in [0.25, 0.3) is 5.91 Å². The number of ether oxygens (including phenoxy) is 1. The Kier molecular flexibility index (Phi) is 6.97. The van der Waals surface area contributed by atoms with Crippen LogP contribution in [0.5, 0.6) is 0 Å². The highest BCUT2D eigenvalue weighted by molar-refractivity contribution is 5.99. The number of nitrogen functional groups attached to an aromatic ring is 1. The summed E-state index contributed by atoms with van der Waals surface area (Å²) in [4.78, 5) is 16.1. The number of hydrogen-bond acceptors (Lipinski definition) is 5. The minimum Gasteiger partial charge on any atom is -0.379 e. The molecule has 1 rings (SSSR count). The van der Waals surface area contributed by atoms with Crippen LogP contribution in [0.4, 0.5) is 5.69 Å². The molecule has 1 aromatic heterocycles. The van der Waals surface area contributed by atoms with Crippen LogP contribution in [0.25, 0.3) is 0 Å². The molecule has 0 bridgehead atoms. The van der Waals surface area contributed by atoms with Crippen molar-refractivity contribution < 1.29 is 9.53 Å². The van der Waals surface area contributed by atoms with Gasteiger partial charge in [-0.15, -0.1) is 0 Å².